The average molecular weight is 296 g/mol. The SMILES string of the molecule is Cc1ccc(F)c(C(=O)c2ccc(C(F)(F)F)cc2C)c1. The van der Waals surface area contributed by atoms with Crippen LogP contribution in [0.1, 0.15) is 32.6 Å². The Morgan fingerprint density at radius 1 is 0.952 bits per heavy atom. The Hall–Kier alpha value is -2.17. The topological polar surface area (TPSA) is 17.1 Å². The first-order valence-electron chi connectivity index (χ1n) is 6.19. The minimum absolute atomic E-state index is 0.0625. The van der Waals surface area contributed by atoms with E-state index in [2.05, 4.69) is 0 Å². The van der Waals surface area contributed by atoms with Crippen LogP contribution in [0.5, 0.6) is 0 Å². The van der Waals surface area contributed by atoms with Gasteiger partial charge in [0.05, 0.1) is 11.1 Å². The van der Waals surface area contributed by atoms with E-state index in [1.165, 1.54) is 25.1 Å². The van der Waals surface area contributed by atoms with Crippen molar-refractivity contribution in [3.05, 3.63) is 70.0 Å². The van der Waals surface area contributed by atoms with Crippen molar-refractivity contribution >= 4 is 5.78 Å². The third-order valence-corrected chi connectivity index (χ3v) is 3.16. The van der Waals surface area contributed by atoms with Gasteiger partial charge in [0.2, 0.25) is 0 Å². The lowest BCUT2D eigenvalue weighted by Crippen LogP contribution is -2.10. The fourth-order valence-electron chi connectivity index (χ4n) is 2.05. The third-order valence-electron chi connectivity index (χ3n) is 3.16. The predicted molar refractivity (Wildman–Crippen MR) is 70.8 cm³/mol. The van der Waals surface area contributed by atoms with E-state index in [-0.39, 0.29) is 16.7 Å². The highest BCUT2D eigenvalue weighted by Crippen LogP contribution is 2.31. The smallest absolute Gasteiger partial charge is 0.288 e. The summed E-state index contributed by atoms with van der Waals surface area (Å²) in [7, 11) is 0. The summed E-state index contributed by atoms with van der Waals surface area (Å²) in [4.78, 5) is 12.3. The van der Waals surface area contributed by atoms with Crippen LogP contribution in [0, 0.1) is 19.7 Å². The molecule has 0 amide bonds. The summed E-state index contributed by atoms with van der Waals surface area (Å²) < 4.78 is 51.5. The van der Waals surface area contributed by atoms with E-state index in [9.17, 15) is 22.4 Å². The quantitative estimate of drug-likeness (QED) is 0.580. The maximum atomic E-state index is 13.7. The van der Waals surface area contributed by atoms with Gasteiger partial charge in [0.25, 0.3) is 0 Å². The van der Waals surface area contributed by atoms with Crippen molar-refractivity contribution < 1.29 is 22.4 Å². The second kappa shape index (κ2) is 5.31. The summed E-state index contributed by atoms with van der Waals surface area (Å²) in [6.07, 6.45) is -4.47. The number of ketones is 1. The fourth-order valence-corrected chi connectivity index (χ4v) is 2.05. The van der Waals surface area contributed by atoms with Crippen LogP contribution in [-0.2, 0) is 6.18 Å². The van der Waals surface area contributed by atoms with E-state index in [1.807, 2.05) is 0 Å². The Bertz CT molecular complexity index is 702. The highest BCUT2D eigenvalue weighted by atomic mass is 19.4. The Labute approximate surface area is 119 Å². The van der Waals surface area contributed by atoms with Gasteiger partial charge in [0.1, 0.15) is 5.82 Å². The van der Waals surface area contributed by atoms with Crippen LogP contribution in [0.4, 0.5) is 17.6 Å². The molecule has 0 spiro atoms. The van der Waals surface area contributed by atoms with Crippen LogP contribution < -0.4 is 0 Å². The minimum atomic E-state index is -4.47. The zero-order chi connectivity index (χ0) is 15.8. The summed E-state index contributed by atoms with van der Waals surface area (Å²) in [5.41, 5.74) is -0.0494. The summed E-state index contributed by atoms with van der Waals surface area (Å²) in [6, 6.07) is 6.87. The molecule has 0 N–H and O–H groups in total. The highest BCUT2D eigenvalue weighted by Gasteiger charge is 2.31. The van der Waals surface area contributed by atoms with Crippen molar-refractivity contribution in [2.45, 2.75) is 20.0 Å². The molecular weight excluding hydrogens is 284 g/mol. The number of carbonyl (C=O) groups is 1. The molecule has 0 aliphatic heterocycles. The molecule has 0 heterocycles. The number of alkyl halides is 3. The van der Waals surface area contributed by atoms with Gasteiger partial charge in [-0.2, -0.15) is 13.2 Å². The van der Waals surface area contributed by atoms with Crippen LogP contribution >= 0.6 is 0 Å². The number of hydrogen-bond donors (Lipinski definition) is 0. The molecule has 2 aromatic rings. The largest absolute Gasteiger partial charge is 0.416 e. The second-order valence-electron chi connectivity index (χ2n) is 4.84. The maximum Gasteiger partial charge on any atom is 0.416 e. The van der Waals surface area contributed by atoms with Gasteiger partial charge in [-0.05, 0) is 43.7 Å². The van der Waals surface area contributed by atoms with Crippen LogP contribution in [0.2, 0.25) is 0 Å². The van der Waals surface area contributed by atoms with E-state index < -0.39 is 23.3 Å². The van der Waals surface area contributed by atoms with E-state index in [0.717, 1.165) is 18.2 Å². The molecule has 110 valence electrons. The van der Waals surface area contributed by atoms with Crippen molar-refractivity contribution in [1.29, 1.82) is 0 Å². The molecule has 0 aliphatic rings. The lowest BCUT2D eigenvalue weighted by molar-refractivity contribution is -0.137. The molecule has 0 fully saturated rings. The number of rotatable bonds is 2. The molecule has 0 aliphatic carbocycles. The first kappa shape index (κ1) is 15.2. The Morgan fingerprint density at radius 3 is 2.19 bits per heavy atom. The van der Waals surface area contributed by atoms with E-state index in [1.54, 1.807) is 6.92 Å². The van der Waals surface area contributed by atoms with Crippen molar-refractivity contribution in [3.63, 3.8) is 0 Å². The molecule has 0 radical (unpaired) electrons. The summed E-state index contributed by atoms with van der Waals surface area (Å²) >= 11 is 0. The van der Waals surface area contributed by atoms with Crippen LogP contribution in [0.25, 0.3) is 0 Å². The van der Waals surface area contributed by atoms with Gasteiger partial charge in [-0.3, -0.25) is 4.79 Å². The van der Waals surface area contributed by atoms with E-state index >= 15 is 0 Å². The first-order chi connectivity index (χ1) is 9.70. The molecule has 0 unspecified atom stereocenters. The Kier molecular flexibility index (Phi) is 3.85. The number of hydrogen-bond acceptors (Lipinski definition) is 1. The molecule has 0 saturated heterocycles. The van der Waals surface area contributed by atoms with Crippen molar-refractivity contribution in [3.8, 4) is 0 Å². The number of aryl methyl sites for hydroxylation is 2. The molecular formula is C16H12F4O. The van der Waals surface area contributed by atoms with Gasteiger partial charge in [-0.25, -0.2) is 4.39 Å². The van der Waals surface area contributed by atoms with Crippen molar-refractivity contribution in [2.75, 3.05) is 0 Å². The summed E-state index contributed by atoms with van der Waals surface area (Å²) in [5, 5.41) is 0. The summed E-state index contributed by atoms with van der Waals surface area (Å²) in [6.45, 7) is 3.10. The van der Waals surface area contributed by atoms with Crippen molar-refractivity contribution in [1.82, 2.24) is 0 Å². The lowest BCUT2D eigenvalue weighted by atomic mass is 9.96. The predicted octanol–water partition coefficient (Wildman–Crippen LogP) is 4.69. The lowest BCUT2D eigenvalue weighted by Gasteiger charge is -2.11. The highest BCUT2D eigenvalue weighted by molar-refractivity contribution is 6.10. The summed E-state index contributed by atoms with van der Waals surface area (Å²) in [5.74, 6) is -1.31. The monoisotopic (exact) mass is 296 g/mol. The van der Waals surface area contributed by atoms with Crippen molar-refractivity contribution in [2.24, 2.45) is 0 Å². The van der Waals surface area contributed by atoms with E-state index in [4.69, 9.17) is 0 Å². The third kappa shape index (κ3) is 3.12. The average Bonchev–Trinajstić information content (AvgIpc) is 2.39. The van der Waals surface area contributed by atoms with Crippen LogP contribution in [0.15, 0.2) is 36.4 Å². The molecule has 2 rings (SSSR count). The molecule has 0 atom stereocenters. The van der Waals surface area contributed by atoms with Gasteiger partial charge < -0.3 is 0 Å². The van der Waals surface area contributed by atoms with Gasteiger partial charge in [-0.1, -0.05) is 17.7 Å². The van der Waals surface area contributed by atoms with Crippen LogP contribution in [-0.4, -0.2) is 5.78 Å². The standard InChI is InChI=1S/C16H12F4O/c1-9-3-6-14(17)13(7-9)15(21)12-5-4-11(8-10(12)2)16(18,19)20/h3-8H,1-2H3. The number of carbonyl (C=O) groups excluding carboxylic acids is 1. The molecule has 0 bridgehead atoms. The molecule has 1 nitrogen and oxygen atoms in total. The maximum absolute atomic E-state index is 13.7. The zero-order valence-corrected chi connectivity index (χ0v) is 11.4. The zero-order valence-electron chi connectivity index (χ0n) is 11.4. The first-order valence-corrected chi connectivity index (χ1v) is 6.19. The van der Waals surface area contributed by atoms with Gasteiger partial charge >= 0.3 is 6.18 Å². The number of benzene rings is 2. The Morgan fingerprint density at radius 2 is 1.62 bits per heavy atom. The number of halogens is 4. The fraction of sp³-hybridized carbons (Fsp3) is 0.188. The molecule has 0 aromatic heterocycles. The van der Waals surface area contributed by atoms with E-state index in [0.29, 0.717) is 5.56 Å². The normalized spacial score (nSPS) is 11.5. The molecule has 2 aromatic carbocycles. The second-order valence-corrected chi connectivity index (χ2v) is 4.84. The van der Waals surface area contributed by atoms with Gasteiger partial charge in [-0.15, -0.1) is 0 Å². The Balaban J connectivity index is 2.47. The molecule has 21 heavy (non-hydrogen) atoms. The van der Waals surface area contributed by atoms with Crippen LogP contribution in [0.3, 0.4) is 0 Å². The molecule has 0 saturated carbocycles. The van der Waals surface area contributed by atoms with Gasteiger partial charge in [0.15, 0.2) is 5.78 Å². The van der Waals surface area contributed by atoms with Gasteiger partial charge in [0, 0.05) is 5.56 Å². The molecule has 5 heteroatoms. The minimum Gasteiger partial charge on any atom is -0.288 e.